The minimum atomic E-state index is 0.555. The molecule has 2 rings (SSSR count). The monoisotopic (exact) mass is 282 g/mol. The summed E-state index contributed by atoms with van der Waals surface area (Å²) in [6, 6.07) is 3.78. The second kappa shape index (κ2) is 4.59. The van der Waals surface area contributed by atoms with Crippen molar-refractivity contribution in [2.45, 2.75) is 10.2 Å². The van der Waals surface area contributed by atoms with Gasteiger partial charge in [0.1, 0.15) is 5.03 Å². The van der Waals surface area contributed by atoms with Crippen LogP contribution in [-0.2, 0) is 0 Å². The molecule has 0 spiro atoms. The molecule has 2 N–H and O–H groups in total. The number of anilines is 1. The van der Waals surface area contributed by atoms with Gasteiger partial charge >= 0.3 is 0 Å². The Bertz CT molecular complexity index is 460. The zero-order valence-corrected chi connectivity index (χ0v) is 9.99. The van der Waals surface area contributed by atoms with Crippen molar-refractivity contribution < 1.29 is 0 Å². The van der Waals surface area contributed by atoms with Crippen LogP contribution in [0.25, 0.3) is 0 Å². The van der Waals surface area contributed by atoms with Crippen molar-refractivity contribution in [2.75, 3.05) is 5.73 Å². The molecule has 0 saturated carbocycles. The molecular weight excluding hydrogens is 276 g/mol. The Morgan fingerprint density at radius 3 is 2.60 bits per heavy atom. The molecule has 4 nitrogen and oxygen atoms in total. The fourth-order valence-electron chi connectivity index (χ4n) is 0.912. The minimum Gasteiger partial charge on any atom is -0.396 e. The first-order valence-corrected chi connectivity index (χ1v) is 5.72. The number of pyridine rings is 1. The van der Waals surface area contributed by atoms with E-state index in [2.05, 4.69) is 30.9 Å². The predicted molar refractivity (Wildman–Crippen MR) is 62.5 cm³/mol. The van der Waals surface area contributed by atoms with Gasteiger partial charge in [-0.15, -0.1) is 0 Å². The molecule has 0 aliphatic carbocycles. The maximum Gasteiger partial charge on any atom is 0.194 e. The Labute approximate surface area is 99.5 Å². The van der Waals surface area contributed by atoms with Crippen LogP contribution in [0.15, 0.2) is 45.4 Å². The standard InChI is InChI=1S/C9H7BrN4S/c10-7-2-1-3-12-8(7)15-9-13-4-6(11)5-14-9/h1-5H,11H2. The van der Waals surface area contributed by atoms with Crippen molar-refractivity contribution in [1.82, 2.24) is 15.0 Å². The van der Waals surface area contributed by atoms with Crippen LogP contribution in [0.2, 0.25) is 0 Å². The summed E-state index contributed by atoms with van der Waals surface area (Å²) in [5, 5.41) is 1.46. The molecule has 2 aromatic heterocycles. The van der Waals surface area contributed by atoms with E-state index in [0.29, 0.717) is 10.8 Å². The van der Waals surface area contributed by atoms with Crippen molar-refractivity contribution >= 4 is 33.4 Å². The number of nitrogens with two attached hydrogens (primary N) is 1. The highest BCUT2D eigenvalue weighted by atomic mass is 79.9. The highest BCUT2D eigenvalue weighted by Gasteiger charge is 2.04. The molecule has 0 bridgehead atoms. The number of aromatic nitrogens is 3. The zero-order valence-electron chi connectivity index (χ0n) is 7.59. The van der Waals surface area contributed by atoms with Crippen molar-refractivity contribution in [3.05, 3.63) is 35.2 Å². The SMILES string of the molecule is Nc1cnc(Sc2ncccc2Br)nc1. The molecule has 6 heteroatoms. The molecule has 0 radical (unpaired) electrons. The zero-order chi connectivity index (χ0) is 10.7. The van der Waals surface area contributed by atoms with Gasteiger partial charge in [-0.2, -0.15) is 0 Å². The van der Waals surface area contributed by atoms with Crippen LogP contribution in [0.3, 0.4) is 0 Å². The summed E-state index contributed by atoms with van der Waals surface area (Å²) in [5.41, 5.74) is 6.05. The van der Waals surface area contributed by atoms with E-state index >= 15 is 0 Å². The molecule has 2 aromatic rings. The lowest BCUT2D eigenvalue weighted by molar-refractivity contribution is 0.962. The van der Waals surface area contributed by atoms with Gasteiger partial charge in [0, 0.05) is 6.20 Å². The topological polar surface area (TPSA) is 64.7 Å². The normalized spacial score (nSPS) is 10.2. The van der Waals surface area contributed by atoms with E-state index in [1.807, 2.05) is 12.1 Å². The lowest BCUT2D eigenvalue weighted by Crippen LogP contribution is -1.91. The van der Waals surface area contributed by atoms with Gasteiger partial charge in [-0.25, -0.2) is 15.0 Å². The van der Waals surface area contributed by atoms with Crippen molar-refractivity contribution in [2.24, 2.45) is 0 Å². The van der Waals surface area contributed by atoms with Gasteiger partial charge in [-0.05, 0) is 39.8 Å². The number of rotatable bonds is 2. The molecule has 0 saturated heterocycles. The number of nitrogen functional groups attached to an aromatic ring is 1. The summed E-state index contributed by atoms with van der Waals surface area (Å²) in [4.78, 5) is 12.4. The molecule has 0 aromatic carbocycles. The van der Waals surface area contributed by atoms with Crippen LogP contribution in [0.5, 0.6) is 0 Å². The van der Waals surface area contributed by atoms with Crippen LogP contribution in [-0.4, -0.2) is 15.0 Å². The summed E-state index contributed by atoms with van der Waals surface area (Å²) in [6.07, 6.45) is 4.88. The van der Waals surface area contributed by atoms with Gasteiger partial charge < -0.3 is 5.73 Å². The fraction of sp³-hybridized carbons (Fsp3) is 0. The highest BCUT2D eigenvalue weighted by molar-refractivity contribution is 9.10. The number of halogens is 1. The van der Waals surface area contributed by atoms with Crippen LogP contribution in [0.4, 0.5) is 5.69 Å². The van der Waals surface area contributed by atoms with Crippen LogP contribution in [0.1, 0.15) is 0 Å². The van der Waals surface area contributed by atoms with Gasteiger partial charge in [-0.1, -0.05) is 0 Å². The number of hydrogen-bond donors (Lipinski definition) is 1. The Balaban J connectivity index is 2.22. The predicted octanol–water partition coefficient (Wildman–Crippen LogP) is 2.37. The minimum absolute atomic E-state index is 0.555. The lowest BCUT2D eigenvalue weighted by atomic mass is 10.5. The second-order valence-electron chi connectivity index (χ2n) is 2.69. The number of nitrogens with zero attached hydrogens (tertiary/aromatic N) is 3. The van der Waals surface area contributed by atoms with Crippen molar-refractivity contribution in [3.63, 3.8) is 0 Å². The van der Waals surface area contributed by atoms with E-state index in [0.717, 1.165) is 9.50 Å². The van der Waals surface area contributed by atoms with E-state index < -0.39 is 0 Å². The number of hydrogen-bond acceptors (Lipinski definition) is 5. The summed E-state index contributed by atoms with van der Waals surface area (Å²) in [6.45, 7) is 0. The van der Waals surface area contributed by atoms with E-state index in [1.165, 1.54) is 11.8 Å². The highest BCUT2D eigenvalue weighted by Crippen LogP contribution is 2.28. The molecule has 76 valence electrons. The Morgan fingerprint density at radius 2 is 1.93 bits per heavy atom. The van der Waals surface area contributed by atoms with E-state index in [-0.39, 0.29) is 0 Å². The first-order valence-electron chi connectivity index (χ1n) is 4.11. The van der Waals surface area contributed by atoms with Gasteiger partial charge in [0.15, 0.2) is 5.16 Å². The van der Waals surface area contributed by atoms with Gasteiger partial charge in [0.25, 0.3) is 0 Å². The molecule has 0 amide bonds. The molecule has 15 heavy (non-hydrogen) atoms. The Hall–Kier alpha value is -1.14. The summed E-state index contributed by atoms with van der Waals surface area (Å²) in [7, 11) is 0. The molecular formula is C9H7BrN4S. The third kappa shape index (κ3) is 2.66. The van der Waals surface area contributed by atoms with E-state index in [9.17, 15) is 0 Å². The lowest BCUT2D eigenvalue weighted by Gasteiger charge is -2.00. The first kappa shape index (κ1) is 10.4. The van der Waals surface area contributed by atoms with Crippen LogP contribution in [0, 0.1) is 0 Å². The van der Waals surface area contributed by atoms with Crippen LogP contribution >= 0.6 is 27.7 Å². The molecule has 0 fully saturated rings. The Morgan fingerprint density at radius 1 is 1.20 bits per heavy atom. The van der Waals surface area contributed by atoms with Crippen LogP contribution < -0.4 is 5.73 Å². The molecule has 0 aliphatic heterocycles. The van der Waals surface area contributed by atoms with Gasteiger partial charge in [0.05, 0.1) is 22.6 Å². The van der Waals surface area contributed by atoms with E-state index in [1.54, 1.807) is 18.6 Å². The second-order valence-corrected chi connectivity index (χ2v) is 4.50. The third-order valence-electron chi connectivity index (χ3n) is 1.56. The third-order valence-corrected chi connectivity index (χ3v) is 3.38. The maximum atomic E-state index is 5.49. The smallest absolute Gasteiger partial charge is 0.194 e. The fourth-order valence-corrected chi connectivity index (χ4v) is 2.07. The van der Waals surface area contributed by atoms with E-state index in [4.69, 9.17) is 5.73 Å². The van der Waals surface area contributed by atoms with Gasteiger partial charge in [0.2, 0.25) is 0 Å². The molecule has 0 aliphatic rings. The van der Waals surface area contributed by atoms with Gasteiger partial charge in [-0.3, -0.25) is 0 Å². The first-order chi connectivity index (χ1) is 7.25. The quantitative estimate of drug-likeness (QED) is 0.857. The van der Waals surface area contributed by atoms with Crippen molar-refractivity contribution in [3.8, 4) is 0 Å². The molecule has 2 heterocycles. The largest absolute Gasteiger partial charge is 0.396 e. The maximum absolute atomic E-state index is 5.49. The molecule has 0 unspecified atom stereocenters. The summed E-state index contributed by atoms with van der Waals surface area (Å²) >= 11 is 4.79. The summed E-state index contributed by atoms with van der Waals surface area (Å²) in [5.74, 6) is 0. The average molecular weight is 283 g/mol. The summed E-state index contributed by atoms with van der Waals surface area (Å²) < 4.78 is 0.926. The average Bonchev–Trinajstić information content (AvgIpc) is 2.25. The molecule has 0 atom stereocenters. The van der Waals surface area contributed by atoms with Crippen molar-refractivity contribution in [1.29, 1.82) is 0 Å². The Kier molecular flexibility index (Phi) is 3.17.